The van der Waals surface area contributed by atoms with E-state index in [1.54, 1.807) is 0 Å². The molecule has 0 rings (SSSR count). The summed E-state index contributed by atoms with van der Waals surface area (Å²) in [6.07, 6.45) is 22.3. The summed E-state index contributed by atoms with van der Waals surface area (Å²) in [5, 5.41) is 0. The third-order valence-corrected chi connectivity index (χ3v) is 7.85. The fourth-order valence-electron chi connectivity index (χ4n) is 6.33. The third kappa shape index (κ3) is 7.68. The molecule has 0 spiro atoms. The Bertz CT molecular complexity index is 344. The fourth-order valence-corrected chi connectivity index (χ4v) is 6.33. The number of unbranched alkanes of at least 4 members (excludes halogenated alkanes) is 6. The summed E-state index contributed by atoms with van der Waals surface area (Å²) in [5.74, 6) is 2.68. The molecule has 28 heavy (non-hydrogen) atoms. The van der Waals surface area contributed by atoms with Crippen LogP contribution in [0.5, 0.6) is 0 Å². The molecule has 169 valence electrons. The number of rotatable bonds is 19. The Kier molecular flexibility index (Phi) is 15.8. The zero-order chi connectivity index (χ0) is 21.5. The molecule has 0 aliphatic carbocycles. The van der Waals surface area contributed by atoms with E-state index in [9.17, 15) is 0 Å². The SMILES string of the molecule is CCCCCC[C](C(C)C)C(CC)(CCCCC)C(CC)(CCC)CCCC. The smallest absolute Gasteiger partial charge is 0.0148 e. The highest BCUT2D eigenvalue weighted by atomic mass is 14.6. The van der Waals surface area contributed by atoms with E-state index in [1.807, 2.05) is 5.92 Å². The van der Waals surface area contributed by atoms with E-state index < -0.39 is 0 Å². The van der Waals surface area contributed by atoms with Gasteiger partial charge < -0.3 is 0 Å². The molecule has 0 fully saturated rings. The lowest BCUT2D eigenvalue weighted by Gasteiger charge is -2.57. The highest BCUT2D eigenvalue weighted by molar-refractivity contribution is 5.15. The molecular weight excluding hydrogens is 336 g/mol. The Labute approximate surface area is 181 Å². The van der Waals surface area contributed by atoms with Crippen LogP contribution >= 0.6 is 0 Å². The molecule has 0 saturated carbocycles. The molecule has 0 aliphatic rings. The second-order valence-corrected chi connectivity index (χ2v) is 9.87. The molecule has 0 nitrogen and oxygen atoms in total. The van der Waals surface area contributed by atoms with Crippen molar-refractivity contribution in [2.45, 2.75) is 158 Å². The van der Waals surface area contributed by atoms with Gasteiger partial charge in [0, 0.05) is 0 Å². The van der Waals surface area contributed by atoms with Crippen LogP contribution in [0, 0.1) is 22.7 Å². The van der Waals surface area contributed by atoms with E-state index in [2.05, 4.69) is 55.4 Å². The van der Waals surface area contributed by atoms with Crippen LogP contribution in [0.25, 0.3) is 0 Å². The van der Waals surface area contributed by atoms with Crippen molar-refractivity contribution in [2.75, 3.05) is 0 Å². The van der Waals surface area contributed by atoms with Gasteiger partial charge in [-0.25, -0.2) is 0 Å². The highest BCUT2D eigenvalue weighted by Gasteiger charge is 2.52. The summed E-state index contributed by atoms with van der Waals surface area (Å²) in [6, 6.07) is 0. The van der Waals surface area contributed by atoms with Crippen LogP contribution < -0.4 is 0 Å². The van der Waals surface area contributed by atoms with Crippen molar-refractivity contribution in [3.63, 3.8) is 0 Å². The summed E-state index contributed by atoms with van der Waals surface area (Å²) >= 11 is 0. The second-order valence-electron chi connectivity index (χ2n) is 9.87. The van der Waals surface area contributed by atoms with E-state index in [0.717, 1.165) is 5.92 Å². The molecule has 0 aromatic carbocycles. The topological polar surface area (TPSA) is 0 Å². The minimum Gasteiger partial charge on any atom is -0.0654 e. The first-order valence-corrected chi connectivity index (χ1v) is 13.3. The second kappa shape index (κ2) is 15.8. The molecule has 1 radical (unpaired) electrons. The fraction of sp³-hybridized carbons (Fsp3) is 0.964. The molecule has 2 unspecified atom stereocenters. The molecule has 0 N–H and O–H groups in total. The van der Waals surface area contributed by atoms with Gasteiger partial charge in [-0.2, -0.15) is 0 Å². The highest BCUT2D eigenvalue weighted by Crippen LogP contribution is 2.62. The molecule has 0 aromatic heterocycles. The molecule has 0 aliphatic heterocycles. The Hall–Kier alpha value is 0. The number of hydrogen-bond acceptors (Lipinski definition) is 0. The molecule has 0 bridgehead atoms. The van der Waals surface area contributed by atoms with Crippen LogP contribution in [0.4, 0.5) is 0 Å². The van der Waals surface area contributed by atoms with Gasteiger partial charge in [-0.15, -0.1) is 0 Å². The van der Waals surface area contributed by atoms with Crippen LogP contribution in [-0.4, -0.2) is 0 Å². The lowest BCUT2D eigenvalue weighted by atomic mass is 9.47. The van der Waals surface area contributed by atoms with E-state index in [4.69, 9.17) is 0 Å². The first kappa shape index (κ1) is 28.0. The predicted molar refractivity (Wildman–Crippen MR) is 131 cm³/mol. The standard InChI is InChI=1S/C28H57/c1-9-15-18-19-21-26(25(7)8)28(14-6,24-20-16-10-2)27(13-5,22-12-4)23-17-11-3/h25H,9-24H2,1-8H3. The average molecular weight is 394 g/mol. The van der Waals surface area contributed by atoms with Gasteiger partial charge in [-0.1, -0.05) is 120 Å². The van der Waals surface area contributed by atoms with Gasteiger partial charge in [0.1, 0.15) is 0 Å². The van der Waals surface area contributed by atoms with Crippen LogP contribution in [0.1, 0.15) is 158 Å². The van der Waals surface area contributed by atoms with Crippen molar-refractivity contribution in [2.24, 2.45) is 16.7 Å². The van der Waals surface area contributed by atoms with Crippen LogP contribution in [0.3, 0.4) is 0 Å². The normalized spacial score (nSPS) is 16.5. The summed E-state index contributed by atoms with van der Waals surface area (Å²) < 4.78 is 0. The van der Waals surface area contributed by atoms with E-state index >= 15 is 0 Å². The van der Waals surface area contributed by atoms with Gasteiger partial charge >= 0.3 is 0 Å². The van der Waals surface area contributed by atoms with E-state index in [-0.39, 0.29) is 0 Å². The van der Waals surface area contributed by atoms with Crippen molar-refractivity contribution in [1.82, 2.24) is 0 Å². The maximum atomic E-state index is 2.53. The lowest BCUT2D eigenvalue weighted by Crippen LogP contribution is -2.47. The molecule has 0 aromatic rings. The average Bonchev–Trinajstić information content (AvgIpc) is 2.69. The Balaban J connectivity index is 6.04. The van der Waals surface area contributed by atoms with Gasteiger partial charge in [0.15, 0.2) is 0 Å². The third-order valence-electron chi connectivity index (χ3n) is 7.85. The molecule has 0 amide bonds. The van der Waals surface area contributed by atoms with Gasteiger partial charge in [0.25, 0.3) is 0 Å². The van der Waals surface area contributed by atoms with Crippen molar-refractivity contribution in [1.29, 1.82) is 0 Å². The van der Waals surface area contributed by atoms with Crippen LogP contribution in [0.15, 0.2) is 0 Å². The largest absolute Gasteiger partial charge is 0.0654 e. The van der Waals surface area contributed by atoms with Crippen molar-refractivity contribution in [3.05, 3.63) is 5.92 Å². The maximum absolute atomic E-state index is 2.53. The van der Waals surface area contributed by atoms with E-state index in [1.165, 1.54) is 103 Å². The van der Waals surface area contributed by atoms with Crippen molar-refractivity contribution >= 4 is 0 Å². The van der Waals surface area contributed by atoms with Gasteiger partial charge in [0.05, 0.1) is 0 Å². The molecule has 0 saturated heterocycles. The molecular formula is C28H57. The molecule has 0 heteroatoms. The van der Waals surface area contributed by atoms with Crippen LogP contribution in [0.2, 0.25) is 0 Å². The van der Waals surface area contributed by atoms with Gasteiger partial charge in [0.2, 0.25) is 0 Å². The molecule has 2 atom stereocenters. The Morgan fingerprint density at radius 2 is 1.18 bits per heavy atom. The minimum atomic E-state index is 0.461. The Morgan fingerprint density at radius 1 is 0.571 bits per heavy atom. The monoisotopic (exact) mass is 393 g/mol. The van der Waals surface area contributed by atoms with E-state index in [0.29, 0.717) is 10.8 Å². The van der Waals surface area contributed by atoms with Gasteiger partial charge in [-0.05, 0) is 61.2 Å². The maximum Gasteiger partial charge on any atom is -0.0148 e. The number of hydrogen-bond donors (Lipinski definition) is 0. The predicted octanol–water partition coefficient (Wildman–Crippen LogP) is 10.6. The zero-order valence-corrected chi connectivity index (χ0v) is 21.4. The van der Waals surface area contributed by atoms with Crippen LogP contribution in [-0.2, 0) is 0 Å². The Morgan fingerprint density at radius 3 is 1.64 bits per heavy atom. The van der Waals surface area contributed by atoms with Crippen molar-refractivity contribution < 1.29 is 0 Å². The summed E-state index contributed by atoms with van der Waals surface area (Å²) in [4.78, 5) is 0. The quantitative estimate of drug-likeness (QED) is 0.191. The summed E-state index contributed by atoms with van der Waals surface area (Å²) in [6.45, 7) is 19.6. The zero-order valence-electron chi connectivity index (χ0n) is 21.4. The first-order valence-electron chi connectivity index (χ1n) is 13.3. The first-order chi connectivity index (χ1) is 13.4. The summed E-state index contributed by atoms with van der Waals surface area (Å²) in [5.41, 5.74) is 0.979. The lowest BCUT2D eigenvalue weighted by molar-refractivity contribution is -0.00970. The summed E-state index contributed by atoms with van der Waals surface area (Å²) in [7, 11) is 0. The molecule has 0 heterocycles. The minimum absolute atomic E-state index is 0.461. The van der Waals surface area contributed by atoms with Gasteiger partial charge in [-0.3, -0.25) is 0 Å². The van der Waals surface area contributed by atoms with Crippen molar-refractivity contribution in [3.8, 4) is 0 Å².